The molecule has 1 aromatic carbocycles. The third-order valence-corrected chi connectivity index (χ3v) is 2.69. The quantitative estimate of drug-likeness (QED) is 0.420. The predicted molar refractivity (Wildman–Crippen MR) is 62.1 cm³/mol. The minimum Gasteiger partial charge on any atom is -0.504 e. The number of rotatable bonds is 3. The summed E-state index contributed by atoms with van der Waals surface area (Å²) in [5.74, 6) is -0.672. The Bertz CT molecular complexity index is 413. The molecule has 0 saturated heterocycles. The molecule has 17 heavy (non-hydrogen) atoms. The Hall–Kier alpha value is -1.91. The van der Waals surface area contributed by atoms with Crippen molar-refractivity contribution < 1.29 is 19.7 Å². The van der Waals surface area contributed by atoms with Gasteiger partial charge in [-0.25, -0.2) is 4.79 Å². The molecule has 1 aliphatic heterocycles. The first-order valence-electron chi connectivity index (χ1n) is 5.60. The number of hydrogen-bond donors (Lipinski definition) is 3. The maximum Gasteiger partial charge on any atom is 0.328 e. The molecule has 1 atom stereocenters. The summed E-state index contributed by atoms with van der Waals surface area (Å²) in [5.41, 5.74) is 1.47. The molecule has 92 valence electrons. The lowest BCUT2D eigenvalue weighted by Gasteiger charge is -2.10. The summed E-state index contributed by atoms with van der Waals surface area (Å²) in [5, 5.41) is 21.7. The van der Waals surface area contributed by atoms with Crippen molar-refractivity contribution in [2.45, 2.75) is 25.8 Å². The summed E-state index contributed by atoms with van der Waals surface area (Å²) in [4.78, 5) is 11.6. The van der Waals surface area contributed by atoms with Gasteiger partial charge in [-0.2, -0.15) is 0 Å². The van der Waals surface area contributed by atoms with Crippen molar-refractivity contribution in [3.63, 3.8) is 0 Å². The lowest BCUT2D eigenvalue weighted by atomic mass is 10.1. The van der Waals surface area contributed by atoms with E-state index >= 15 is 0 Å². The maximum atomic E-state index is 11.6. The number of phenolic OH excluding ortho intramolecular Hbond substituents is 2. The van der Waals surface area contributed by atoms with E-state index < -0.39 is 6.04 Å². The second-order valence-electron chi connectivity index (χ2n) is 4.07. The predicted octanol–water partition coefficient (Wildman–Crippen LogP) is 1.39. The number of esters is 1. The van der Waals surface area contributed by atoms with Crippen LogP contribution in [0.2, 0.25) is 0 Å². The van der Waals surface area contributed by atoms with Crippen LogP contribution < -0.4 is 5.32 Å². The van der Waals surface area contributed by atoms with Crippen molar-refractivity contribution >= 4 is 11.7 Å². The molecule has 0 fully saturated rings. The second kappa shape index (κ2) is 4.53. The van der Waals surface area contributed by atoms with Crippen molar-refractivity contribution in [2.24, 2.45) is 0 Å². The lowest BCUT2D eigenvalue weighted by molar-refractivity contribution is -0.144. The molecule has 0 saturated carbocycles. The number of benzene rings is 1. The van der Waals surface area contributed by atoms with Gasteiger partial charge in [0.1, 0.15) is 6.04 Å². The number of ether oxygens (including phenoxy) is 1. The van der Waals surface area contributed by atoms with E-state index in [-0.39, 0.29) is 17.5 Å². The van der Waals surface area contributed by atoms with E-state index in [4.69, 9.17) is 4.74 Å². The third kappa shape index (κ3) is 2.27. The van der Waals surface area contributed by atoms with Crippen LogP contribution in [0.1, 0.15) is 18.9 Å². The largest absolute Gasteiger partial charge is 0.504 e. The maximum absolute atomic E-state index is 11.6. The molecule has 1 aliphatic rings. The molecule has 0 radical (unpaired) electrons. The number of carbonyl (C=O) groups is 1. The van der Waals surface area contributed by atoms with Crippen LogP contribution in [-0.2, 0) is 16.0 Å². The highest BCUT2D eigenvalue weighted by atomic mass is 16.5. The van der Waals surface area contributed by atoms with Crippen LogP contribution >= 0.6 is 0 Å². The SMILES string of the molecule is CCCOC(=O)C1Cc2cc(O)c(O)cc2N1. The van der Waals surface area contributed by atoms with E-state index in [1.807, 2.05) is 6.92 Å². The number of carbonyl (C=O) groups excluding carboxylic acids is 1. The summed E-state index contributed by atoms with van der Waals surface area (Å²) in [6, 6.07) is 2.44. The fourth-order valence-electron chi connectivity index (χ4n) is 1.83. The molecule has 1 unspecified atom stereocenters. The zero-order chi connectivity index (χ0) is 12.4. The van der Waals surface area contributed by atoms with E-state index in [9.17, 15) is 15.0 Å². The number of hydrogen-bond acceptors (Lipinski definition) is 5. The Balaban J connectivity index is 2.08. The van der Waals surface area contributed by atoms with E-state index in [0.29, 0.717) is 18.7 Å². The topological polar surface area (TPSA) is 78.8 Å². The number of nitrogens with one attached hydrogen (secondary N) is 1. The molecule has 1 aromatic rings. The van der Waals surface area contributed by atoms with Gasteiger partial charge in [0.25, 0.3) is 0 Å². The van der Waals surface area contributed by atoms with Gasteiger partial charge in [0, 0.05) is 18.2 Å². The summed E-state index contributed by atoms with van der Waals surface area (Å²) in [6.07, 6.45) is 1.25. The van der Waals surface area contributed by atoms with Crippen molar-refractivity contribution in [1.29, 1.82) is 0 Å². The molecular weight excluding hydrogens is 222 g/mol. The molecule has 0 aromatic heterocycles. The molecule has 1 heterocycles. The van der Waals surface area contributed by atoms with Gasteiger partial charge in [-0.05, 0) is 18.1 Å². The summed E-state index contributed by atoms with van der Waals surface area (Å²) in [6.45, 7) is 2.34. The highest BCUT2D eigenvalue weighted by Crippen LogP contribution is 2.36. The fraction of sp³-hybridized carbons (Fsp3) is 0.417. The molecule has 5 nitrogen and oxygen atoms in total. The average molecular weight is 237 g/mol. The Kier molecular flexibility index (Phi) is 3.08. The van der Waals surface area contributed by atoms with Crippen LogP contribution in [0.25, 0.3) is 0 Å². The second-order valence-corrected chi connectivity index (χ2v) is 4.07. The Morgan fingerprint density at radius 2 is 2.18 bits per heavy atom. The van der Waals surface area contributed by atoms with Crippen molar-refractivity contribution in [2.75, 3.05) is 11.9 Å². The van der Waals surface area contributed by atoms with Gasteiger partial charge in [0.05, 0.1) is 6.61 Å². The molecule has 2 rings (SSSR count). The minimum atomic E-state index is -0.433. The fourth-order valence-corrected chi connectivity index (χ4v) is 1.83. The first-order valence-corrected chi connectivity index (χ1v) is 5.60. The molecule has 0 aliphatic carbocycles. The van der Waals surface area contributed by atoms with Crippen molar-refractivity contribution in [1.82, 2.24) is 0 Å². The monoisotopic (exact) mass is 237 g/mol. The van der Waals surface area contributed by atoms with Gasteiger partial charge < -0.3 is 20.3 Å². The van der Waals surface area contributed by atoms with Crippen molar-refractivity contribution in [3.8, 4) is 11.5 Å². The van der Waals surface area contributed by atoms with E-state index in [2.05, 4.69) is 5.32 Å². The first-order chi connectivity index (χ1) is 8.11. The van der Waals surface area contributed by atoms with Gasteiger partial charge >= 0.3 is 5.97 Å². The Morgan fingerprint density at radius 1 is 1.47 bits per heavy atom. The van der Waals surface area contributed by atoms with E-state index in [1.54, 1.807) is 0 Å². The minimum absolute atomic E-state index is 0.173. The standard InChI is InChI=1S/C12H15NO4/c1-2-3-17-12(16)9-4-7-5-10(14)11(15)6-8(7)13-9/h5-6,9,13-15H,2-4H2,1H3. The molecule has 3 N–H and O–H groups in total. The summed E-state index contributed by atoms with van der Waals surface area (Å²) in [7, 11) is 0. The van der Waals surface area contributed by atoms with Gasteiger partial charge in [-0.3, -0.25) is 0 Å². The van der Waals surface area contributed by atoms with Crippen LogP contribution in [0.3, 0.4) is 0 Å². The Labute approximate surface area is 99.0 Å². The van der Waals surface area contributed by atoms with Crippen LogP contribution in [0, 0.1) is 0 Å². The number of phenols is 2. The highest BCUT2D eigenvalue weighted by molar-refractivity contribution is 5.83. The highest BCUT2D eigenvalue weighted by Gasteiger charge is 2.28. The molecule has 5 heteroatoms. The van der Waals surface area contributed by atoms with Crippen LogP contribution in [0.5, 0.6) is 11.5 Å². The van der Waals surface area contributed by atoms with Gasteiger partial charge in [0.2, 0.25) is 0 Å². The lowest BCUT2D eigenvalue weighted by Crippen LogP contribution is -2.29. The molecule has 0 bridgehead atoms. The zero-order valence-corrected chi connectivity index (χ0v) is 9.56. The Morgan fingerprint density at radius 3 is 2.88 bits per heavy atom. The average Bonchev–Trinajstić information content (AvgIpc) is 2.69. The third-order valence-electron chi connectivity index (χ3n) is 2.69. The van der Waals surface area contributed by atoms with Gasteiger partial charge in [-0.1, -0.05) is 6.92 Å². The normalized spacial score (nSPS) is 17.4. The van der Waals surface area contributed by atoms with Gasteiger partial charge in [0.15, 0.2) is 11.5 Å². The number of anilines is 1. The summed E-state index contributed by atoms with van der Waals surface area (Å²) < 4.78 is 5.04. The van der Waals surface area contributed by atoms with E-state index in [0.717, 1.165) is 12.0 Å². The smallest absolute Gasteiger partial charge is 0.328 e. The number of fused-ring (bicyclic) bond motifs is 1. The van der Waals surface area contributed by atoms with Gasteiger partial charge in [-0.15, -0.1) is 0 Å². The molecule has 0 spiro atoms. The zero-order valence-electron chi connectivity index (χ0n) is 9.56. The van der Waals surface area contributed by atoms with E-state index in [1.165, 1.54) is 12.1 Å². The molecular formula is C12H15NO4. The first kappa shape index (κ1) is 11.6. The number of aromatic hydroxyl groups is 2. The van der Waals surface area contributed by atoms with Crippen LogP contribution in [0.4, 0.5) is 5.69 Å². The summed E-state index contributed by atoms with van der Waals surface area (Å²) >= 11 is 0. The van der Waals surface area contributed by atoms with Crippen molar-refractivity contribution in [3.05, 3.63) is 17.7 Å². The molecule has 0 amide bonds. The van der Waals surface area contributed by atoms with Crippen LogP contribution in [0.15, 0.2) is 12.1 Å². The van der Waals surface area contributed by atoms with Crippen LogP contribution in [-0.4, -0.2) is 28.8 Å².